The highest BCUT2D eigenvalue weighted by atomic mass is 35.5. The van der Waals surface area contributed by atoms with Crippen molar-refractivity contribution < 1.29 is 17.2 Å². The van der Waals surface area contributed by atoms with Crippen LogP contribution < -0.4 is 0 Å². The van der Waals surface area contributed by atoms with Crippen LogP contribution in [-0.2, 0) is 15.9 Å². The largest absolute Gasteiger partial charge is 0.246 e. The van der Waals surface area contributed by atoms with Gasteiger partial charge < -0.3 is 0 Å². The molecule has 0 amide bonds. The monoisotopic (exact) mass is 335 g/mol. The molecule has 7 heteroatoms. The van der Waals surface area contributed by atoms with Crippen molar-refractivity contribution in [3.8, 4) is 0 Å². The van der Waals surface area contributed by atoms with E-state index < -0.39 is 26.6 Å². The lowest BCUT2D eigenvalue weighted by Gasteiger charge is -2.18. The molecule has 1 aromatic rings. The molecule has 2 unspecified atom stereocenters. The van der Waals surface area contributed by atoms with E-state index >= 15 is 0 Å². The van der Waals surface area contributed by atoms with Gasteiger partial charge in [-0.3, -0.25) is 0 Å². The summed E-state index contributed by atoms with van der Waals surface area (Å²) in [6, 6.07) is 2.06. The molecule has 2 aliphatic rings. The Morgan fingerprint density at radius 3 is 2.38 bits per heavy atom. The van der Waals surface area contributed by atoms with E-state index in [9.17, 15) is 17.2 Å². The van der Waals surface area contributed by atoms with Gasteiger partial charge in [-0.15, -0.1) is 11.6 Å². The van der Waals surface area contributed by atoms with E-state index in [2.05, 4.69) is 0 Å². The van der Waals surface area contributed by atoms with Crippen LogP contribution in [0.4, 0.5) is 8.78 Å². The van der Waals surface area contributed by atoms with Gasteiger partial charge in [-0.1, -0.05) is 6.42 Å². The average Bonchev–Trinajstić information content (AvgIpc) is 3.02. The lowest BCUT2D eigenvalue weighted by molar-refractivity contribution is 0.432. The minimum atomic E-state index is -4.01. The van der Waals surface area contributed by atoms with Crippen LogP contribution in [0.1, 0.15) is 24.8 Å². The second-order valence-electron chi connectivity index (χ2n) is 5.80. The molecule has 1 aromatic carbocycles. The Morgan fingerprint density at radius 2 is 1.81 bits per heavy atom. The van der Waals surface area contributed by atoms with Gasteiger partial charge in [-0.05, 0) is 42.4 Å². The van der Waals surface area contributed by atoms with Crippen molar-refractivity contribution in [2.75, 3.05) is 13.1 Å². The Kier molecular flexibility index (Phi) is 3.96. The molecule has 0 spiro atoms. The molecule has 1 heterocycles. The van der Waals surface area contributed by atoms with Crippen molar-refractivity contribution in [3.05, 3.63) is 29.3 Å². The predicted octanol–water partition coefficient (Wildman–Crippen LogP) is 3.12. The Morgan fingerprint density at radius 1 is 1.19 bits per heavy atom. The van der Waals surface area contributed by atoms with Crippen LogP contribution >= 0.6 is 11.6 Å². The van der Waals surface area contributed by atoms with Gasteiger partial charge in [0.2, 0.25) is 10.0 Å². The Hall–Kier alpha value is -0.720. The minimum absolute atomic E-state index is 0.0645. The molecule has 0 radical (unpaired) electrons. The molecule has 2 fully saturated rings. The van der Waals surface area contributed by atoms with E-state index in [1.165, 1.54) is 4.31 Å². The minimum Gasteiger partial charge on any atom is -0.207 e. The highest BCUT2D eigenvalue weighted by Crippen LogP contribution is 2.40. The zero-order chi connectivity index (χ0) is 15.2. The summed E-state index contributed by atoms with van der Waals surface area (Å²) in [7, 11) is -4.01. The Balaban J connectivity index is 1.97. The van der Waals surface area contributed by atoms with Crippen molar-refractivity contribution in [2.24, 2.45) is 11.8 Å². The summed E-state index contributed by atoms with van der Waals surface area (Å²) in [5.41, 5.74) is 0.258. The summed E-state index contributed by atoms with van der Waals surface area (Å²) in [6.07, 6.45) is 3.14. The number of rotatable bonds is 3. The lowest BCUT2D eigenvalue weighted by Crippen LogP contribution is -2.30. The van der Waals surface area contributed by atoms with Gasteiger partial charge in [0.15, 0.2) is 11.6 Å². The third kappa shape index (κ3) is 2.58. The molecule has 3 rings (SSSR count). The van der Waals surface area contributed by atoms with Gasteiger partial charge in [0.1, 0.15) is 4.90 Å². The third-order valence-corrected chi connectivity index (χ3v) is 6.66. The molecule has 0 N–H and O–H groups in total. The summed E-state index contributed by atoms with van der Waals surface area (Å²) in [5.74, 6) is -1.86. The summed E-state index contributed by atoms with van der Waals surface area (Å²) in [5, 5.41) is 0. The Labute approximate surface area is 127 Å². The fourth-order valence-corrected chi connectivity index (χ4v) is 5.24. The van der Waals surface area contributed by atoms with Crippen LogP contribution in [0.3, 0.4) is 0 Å². The van der Waals surface area contributed by atoms with Crippen molar-refractivity contribution in [1.82, 2.24) is 4.31 Å². The first-order valence-corrected chi connectivity index (χ1v) is 8.95. The number of alkyl halides is 1. The topological polar surface area (TPSA) is 37.4 Å². The van der Waals surface area contributed by atoms with Crippen molar-refractivity contribution in [1.29, 1.82) is 0 Å². The van der Waals surface area contributed by atoms with Gasteiger partial charge in [0.25, 0.3) is 0 Å². The molecule has 1 aliphatic carbocycles. The molecule has 0 aromatic heterocycles. The van der Waals surface area contributed by atoms with Gasteiger partial charge in [-0.25, -0.2) is 17.2 Å². The number of hydrogen-bond acceptors (Lipinski definition) is 2. The number of fused-ring (bicyclic) bond motifs is 1. The van der Waals surface area contributed by atoms with Crippen LogP contribution in [0, 0.1) is 23.5 Å². The smallest absolute Gasteiger partial charge is 0.207 e. The van der Waals surface area contributed by atoms with Gasteiger partial charge in [0.05, 0.1) is 0 Å². The molecule has 1 aliphatic heterocycles. The summed E-state index contributed by atoms with van der Waals surface area (Å²) >= 11 is 5.61. The lowest BCUT2D eigenvalue weighted by atomic mass is 10.0. The zero-order valence-corrected chi connectivity index (χ0v) is 12.9. The summed E-state index contributed by atoms with van der Waals surface area (Å²) < 4.78 is 53.9. The molecule has 1 saturated heterocycles. The molecule has 2 atom stereocenters. The average molecular weight is 336 g/mol. The first-order chi connectivity index (χ1) is 9.93. The number of hydrogen-bond donors (Lipinski definition) is 0. The molecular weight excluding hydrogens is 320 g/mol. The van der Waals surface area contributed by atoms with Gasteiger partial charge in [-0.2, -0.15) is 4.31 Å². The summed E-state index contributed by atoms with van der Waals surface area (Å²) in [4.78, 5) is -0.599. The Bertz CT molecular complexity index is 653. The van der Waals surface area contributed by atoms with Crippen LogP contribution in [0.15, 0.2) is 17.0 Å². The van der Waals surface area contributed by atoms with E-state index in [0.29, 0.717) is 24.9 Å². The van der Waals surface area contributed by atoms with Gasteiger partial charge >= 0.3 is 0 Å². The molecule has 116 valence electrons. The van der Waals surface area contributed by atoms with E-state index in [-0.39, 0.29) is 11.4 Å². The number of sulfonamides is 1. The fourth-order valence-electron chi connectivity index (χ4n) is 3.41. The maximum absolute atomic E-state index is 13.9. The normalized spacial score (nSPS) is 26.2. The molecule has 1 saturated carbocycles. The molecular formula is C14H16ClF2NO2S. The highest BCUT2D eigenvalue weighted by Gasteiger charge is 2.42. The van der Waals surface area contributed by atoms with E-state index in [0.717, 1.165) is 31.4 Å². The second kappa shape index (κ2) is 5.48. The SMILES string of the molecule is O=S(=O)(c1cc(CCl)cc(F)c1F)N1CC2CCCC2C1. The summed E-state index contributed by atoms with van der Waals surface area (Å²) in [6.45, 7) is 0.804. The number of halogens is 3. The maximum Gasteiger partial charge on any atom is 0.246 e. The first kappa shape index (κ1) is 15.2. The molecule has 3 nitrogen and oxygen atoms in total. The fraction of sp³-hybridized carbons (Fsp3) is 0.571. The van der Waals surface area contributed by atoms with Crippen LogP contribution in [-0.4, -0.2) is 25.8 Å². The van der Waals surface area contributed by atoms with Crippen LogP contribution in [0.5, 0.6) is 0 Å². The molecule has 21 heavy (non-hydrogen) atoms. The predicted molar refractivity (Wildman–Crippen MR) is 75.5 cm³/mol. The van der Waals surface area contributed by atoms with Crippen molar-refractivity contribution in [2.45, 2.75) is 30.0 Å². The van der Waals surface area contributed by atoms with Crippen LogP contribution in [0.2, 0.25) is 0 Å². The van der Waals surface area contributed by atoms with E-state index in [1.54, 1.807) is 0 Å². The van der Waals surface area contributed by atoms with E-state index in [4.69, 9.17) is 11.6 Å². The quantitative estimate of drug-likeness (QED) is 0.796. The highest BCUT2D eigenvalue weighted by molar-refractivity contribution is 7.89. The maximum atomic E-state index is 13.9. The number of nitrogens with zero attached hydrogens (tertiary/aromatic N) is 1. The third-order valence-electron chi connectivity index (χ3n) is 4.52. The van der Waals surface area contributed by atoms with Crippen molar-refractivity contribution >= 4 is 21.6 Å². The van der Waals surface area contributed by atoms with Crippen molar-refractivity contribution in [3.63, 3.8) is 0 Å². The van der Waals surface area contributed by atoms with Gasteiger partial charge in [0, 0.05) is 19.0 Å². The molecule has 0 bridgehead atoms. The number of benzene rings is 1. The second-order valence-corrected chi connectivity index (χ2v) is 7.97. The first-order valence-electron chi connectivity index (χ1n) is 6.97. The zero-order valence-electron chi connectivity index (χ0n) is 11.4. The van der Waals surface area contributed by atoms with Crippen LogP contribution in [0.25, 0.3) is 0 Å². The van der Waals surface area contributed by atoms with E-state index in [1.807, 2.05) is 0 Å². The standard InChI is InChI=1S/C14H16ClF2NO2S/c15-6-9-4-12(16)14(17)13(5-9)21(19,20)18-7-10-2-1-3-11(10)8-18/h4-5,10-11H,1-3,6-8H2.